The molecule has 3 heteroatoms. The fourth-order valence-corrected chi connectivity index (χ4v) is 0.763. The minimum absolute atomic E-state index is 0.530. The molecule has 62 valence electrons. The summed E-state index contributed by atoms with van der Waals surface area (Å²) in [7, 11) is 0. The predicted molar refractivity (Wildman–Crippen MR) is 46.9 cm³/mol. The molecule has 0 rings (SSSR count). The van der Waals surface area contributed by atoms with E-state index in [4.69, 9.17) is 10.8 Å². The first-order chi connectivity index (χ1) is 5.04. The van der Waals surface area contributed by atoms with Gasteiger partial charge in [-0.2, -0.15) is 0 Å². The minimum Gasteiger partial charge on any atom is -0.307 e. The first-order valence-electron chi connectivity index (χ1n) is 3.76. The first-order valence-corrected chi connectivity index (χ1v) is 3.76. The Labute approximate surface area is 67.6 Å². The van der Waals surface area contributed by atoms with Gasteiger partial charge in [-0.05, 0) is 20.3 Å². The van der Waals surface area contributed by atoms with Crippen LogP contribution in [-0.2, 0) is 0 Å². The monoisotopic (exact) mass is 153 g/mol. The average Bonchev–Trinajstić information content (AvgIpc) is 1.88. The van der Waals surface area contributed by atoms with Crippen molar-refractivity contribution in [3.05, 3.63) is 0 Å². The van der Waals surface area contributed by atoms with Crippen molar-refractivity contribution in [2.45, 2.75) is 39.2 Å². The number of hydrogen-bond donors (Lipinski definition) is 2. The molecule has 0 aromatic heterocycles. The highest BCUT2D eigenvalue weighted by Gasteiger charge is 2.20. The van der Waals surface area contributed by atoms with Crippen molar-refractivity contribution >= 4 is 11.7 Å². The van der Waals surface area contributed by atoms with Crippen LogP contribution in [0.2, 0.25) is 0 Å². The lowest BCUT2D eigenvalue weighted by molar-refractivity contribution is 0.677. The van der Waals surface area contributed by atoms with Gasteiger partial charge in [-0.1, -0.05) is 13.3 Å². The Kier molecular flexibility index (Phi) is 3.69. The second-order valence-corrected chi connectivity index (χ2v) is 3.01. The van der Waals surface area contributed by atoms with Gasteiger partial charge in [-0.3, -0.25) is 0 Å². The Balaban J connectivity index is 4.29. The van der Waals surface area contributed by atoms with Crippen LogP contribution >= 0.6 is 0 Å². The standard InChI is InChI=1S/C8H15N3/c1-4-5-7(10)8(2,3)11-6-9/h9-10H,4-5H2,1-3H3. The normalized spacial score (nSPS) is 10.5. The highest BCUT2D eigenvalue weighted by atomic mass is 14.9. The van der Waals surface area contributed by atoms with Gasteiger partial charge in [0, 0.05) is 5.71 Å². The lowest BCUT2D eigenvalue weighted by atomic mass is 9.96. The van der Waals surface area contributed by atoms with E-state index in [1.165, 1.54) is 0 Å². The smallest absolute Gasteiger partial charge is 0.103 e. The van der Waals surface area contributed by atoms with Gasteiger partial charge < -0.3 is 5.41 Å². The molecule has 0 aliphatic heterocycles. The molecule has 0 aliphatic rings. The molecule has 0 aliphatic carbocycles. The molecule has 0 aromatic carbocycles. The molecule has 0 unspecified atom stereocenters. The molecule has 0 saturated heterocycles. The van der Waals surface area contributed by atoms with Crippen LogP contribution in [0, 0.1) is 10.8 Å². The van der Waals surface area contributed by atoms with Crippen molar-refractivity contribution in [2.75, 3.05) is 0 Å². The van der Waals surface area contributed by atoms with Gasteiger partial charge >= 0.3 is 0 Å². The SMILES string of the molecule is CCCC(=N)C(C)(C)N=C=N. The predicted octanol–water partition coefficient (Wildman–Crippen LogP) is 2.34. The zero-order valence-corrected chi connectivity index (χ0v) is 7.36. The van der Waals surface area contributed by atoms with E-state index in [2.05, 4.69) is 4.99 Å². The molecular weight excluding hydrogens is 138 g/mol. The summed E-state index contributed by atoms with van der Waals surface area (Å²) in [5.74, 6) is 0. The van der Waals surface area contributed by atoms with Crippen LogP contribution in [0.5, 0.6) is 0 Å². The zero-order valence-electron chi connectivity index (χ0n) is 7.36. The molecule has 0 fully saturated rings. The Morgan fingerprint density at radius 2 is 2.09 bits per heavy atom. The average molecular weight is 153 g/mol. The molecular formula is C8H15N3. The van der Waals surface area contributed by atoms with E-state index in [-0.39, 0.29) is 0 Å². The van der Waals surface area contributed by atoms with Crippen molar-refractivity contribution in [3.63, 3.8) is 0 Å². The van der Waals surface area contributed by atoms with E-state index in [1.54, 1.807) is 0 Å². The van der Waals surface area contributed by atoms with E-state index in [1.807, 2.05) is 26.8 Å². The molecule has 0 saturated carbocycles. The van der Waals surface area contributed by atoms with Gasteiger partial charge in [0.1, 0.15) is 5.54 Å². The second-order valence-electron chi connectivity index (χ2n) is 3.01. The number of hydrogen-bond acceptors (Lipinski definition) is 3. The number of nitrogens with zero attached hydrogens (tertiary/aromatic N) is 1. The Hall–Kier alpha value is -0.950. The van der Waals surface area contributed by atoms with Crippen LogP contribution in [0.4, 0.5) is 0 Å². The number of nitrogens with one attached hydrogen (secondary N) is 2. The van der Waals surface area contributed by atoms with Gasteiger partial charge in [-0.15, -0.1) is 0 Å². The van der Waals surface area contributed by atoms with E-state index in [9.17, 15) is 0 Å². The highest BCUT2D eigenvalue weighted by Crippen LogP contribution is 2.12. The molecule has 3 nitrogen and oxygen atoms in total. The maximum Gasteiger partial charge on any atom is 0.103 e. The van der Waals surface area contributed by atoms with Crippen LogP contribution < -0.4 is 0 Å². The third-order valence-electron chi connectivity index (χ3n) is 1.57. The third-order valence-corrected chi connectivity index (χ3v) is 1.57. The number of aliphatic imine (C=N–C) groups is 1. The number of rotatable bonds is 4. The lowest BCUT2D eigenvalue weighted by Crippen LogP contribution is -2.28. The quantitative estimate of drug-likeness (QED) is 0.582. The zero-order chi connectivity index (χ0) is 8.91. The summed E-state index contributed by atoms with van der Waals surface area (Å²) < 4.78 is 0. The summed E-state index contributed by atoms with van der Waals surface area (Å²) in [5.41, 5.74) is 0.0392. The summed E-state index contributed by atoms with van der Waals surface area (Å²) in [4.78, 5) is 3.77. The maximum absolute atomic E-state index is 7.58. The molecule has 0 spiro atoms. The van der Waals surface area contributed by atoms with Crippen molar-refractivity contribution in [1.82, 2.24) is 0 Å². The van der Waals surface area contributed by atoms with Crippen LogP contribution in [0.15, 0.2) is 4.99 Å². The minimum atomic E-state index is -0.530. The molecule has 0 heterocycles. The van der Waals surface area contributed by atoms with Crippen molar-refractivity contribution in [3.8, 4) is 0 Å². The molecule has 0 atom stereocenters. The Morgan fingerprint density at radius 3 is 2.45 bits per heavy atom. The van der Waals surface area contributed by atoms with Crippen molar-refractivity contribution in [2.24, 2.45) is 4.99 Å². The summed E-state index contributed by atoms with van der Waals surface area (Å²) in [5, 5.41) is 14.2. The van der Waals surface area contributed by atoms with E-state index in [0.29, 0.717) is 5.71 Å². The fourth-order valence-electron chi connectivity index (χ4n) is 0.763. The molecule has 0 radical (unpaired) electrons. The Bertz CT molecular complexity index is 188. The topological polar surface area (TPSA) is 60.1 Å². The molecule has 2 N–H and O–H groups in total. The van der Waals surface area contributed by atoms with Gasteiger partial charge in [0.2, 0.25) is 0 Å². The summed E-state index contributed by atoms with van der Waals surface area (Å²) in [6.45, 7) is 5.68. The van der Waals surface area contributed by atoms with Crippen molar-refractivity contribution in [1.29, 1.82) is 10.8 Å². The highest BCUT2D eigenvalue weighted by molar-refractivity contribution is 5.90. The fraction of sp³-hybridized carbons (Fsp3) is 0.750. The summed E-state index contributed by atoms with van der Waals surface area (Å²) in [6, 6.07) is 1.98. The Morgan fingerprint density at radius 1 is 1.55 bits per heavy atom. The molecule has 0 aromatic rings. The summed E-state index contributed by atoms with van der Waals surface area (Å²) >= 11 is 0. The van der Waals surface area contributed by atoms with Gasteiger partial charge in [0.05, 0.1) is 6.01 Å². The van der Waals surface area contributed by atoms with Gasteiger partial charge in [-0.25, -0.2) is 10.4 Å². The van der Waals surface area contributed by atoms with E-state index < -0.39 is 5.54 Å². The third kappa shape index (κ3) is 3.10. The largest absolute Gasteiger partial charge is 0.307 e. The van der Waals surface area contributed by atoms with Crippen LogP contribution in [0.1, 0.15) is 33.6 Å². The first kappa shape index (κ1) is 10.0. The van der Waals surface area contributed by atoms with E-state index in [0.717, 1.165) is 12.8 Å². The molecule has 0 amide bonds. The van der Waals surface area contributed by atoms with Gasteiger partial charge in [0.25, 0.3) is 0 Å². The van der Waals surface area contributed by atoms with Crippen LogP contribution in [0.25, 0.3) is 0 Å². The van der Waals surface area contributed by atoms with E-state index >= 15 is 0 Å². The maximum atomic E-state index is 7.58. The van der Waals surface area contributed by atoms with Crippen LogP contribution in [0.3, 0.4) is 0 Å². The van der Waals surface area contributed by atoms with Crippen molar-refractivity contribution < 1.29 is 0 Å². The lowest BCUT2D eigenvalue weighted by Gasteiger charge is -2.18. The summed E-state index contributed by atoms with van der Waals surface area (Å²) in [6.07, 6.45) is 1.70. The van der Waals surface area contributed by atoms with Gasteiger partial charge in [0.15, 0.2) is 0 Å². The molecule has 11 heavy (non-hydrogen) atoms. The second kappa shape index (κ2) is 4.04. The van der Waals surface area contributed by atoms with Crippen LogP contribution in [-0.4, -0.2) is 17.3 Å². The molecule has 0 bridgehead atoms.